The van der Waals surface area contributed by atoms with Crippen molar-refractivity contribution in [3.63, 3.8) is 0 Å². The number of benzene rings is 1. The van der Waals surface area contributed by atoms with Crippen molar-refractivity contribution in [2.24, 2.45) is 0 Å². The Morgan fingerprint density at radius 3 is 2.57 bits per heavy atom. The van der Waals surface area contributed by atoms with E-state index in [1.807, 2.05) is 0 Å². The highest BCUT2D eigenvalue weighted by atomic mass is 32.2. The molecule has 0 fully saturated rings. The predicted molar refractivity (Wildman–Crippen MR) is 83.1 cm³/mol. The molecule has 0 N–H and O–H groups in total. The number of para-hydroxylation sites is 1. The monoisotopic (exact) mass is 329 g/mol. The molecular formula is C16H11NO5S. The Morgan fingerprint density at radius 1 is 1.09 bits per heavy atom. The first-order valence-corrected chi connectivity index (χ1v) is 8.32. The summed E-state index contributed by atoms with van der Waals surface area (Å²) in [5, 5.41) is 0.337. The normalized spacial score (nSPS) is 11.5. The van der Waals surface area contributed by atoms with Gasteiger partial charge in [0.1, 0.15) is 16.9 Å². The van der Waals surface area contributed by atoms with Crippen molar-refractivity contribution in [1.82, 2.24) is 4.98 Å². The second-order valence-corrected chi connectivity index (χ2v) is 6.77. The first-order valence-electron chi connectivity index (χ1n) is 6.67. The standard InChI is InChI=1S/C16H11NO5S/c18-13(10-23(20,21)15-7-3-4-8-17-15)12-9-11-5-1-2-6-14(11)22-16(12)19/h1-9H,10H2. The van der Waals surface area contributed by atoms with Gasteiger partial charge in [-0.3, -0.25) is 4.79 Å². The number of ketones is 1. The third-order valence-corrected chi connectivity index (χ3v) is 4.74. The summed E-state index contributed by atoms with van der Waals surface area (Å²) in [4.78, 5) is 27.9. The zero-order valence-electron chi connectivity index (χ0n) is 11.8. The van der Waals surface area contributed by atoms with Crippen LogP contribution in [0.25, 0.3) is 11.0 Å². The van der Waals surface area contributed by atoms with Gasteiger partial charge in [-0.2, -0.15) is 0 Å². The van der Waals surface area contributed by atoms with Gasteiger partial charge in [0, 0.05) is 11.6 Å². The molecule has 0 spiro atoms. The lowest BCUT2D eigenvalue weighted by Crippen LogP contribution is -2.22. The number of hydrogen-bond donors (Lipinski definition) is 0. The van der Waals surface area contributed by atoms with E-state index < -0.39 is 27.0 Å². The summed E-state index contributed by atoms with van der Waals surface area (Å²) in [5.41, 5.74) is -0.810. The number of aromatic nitrogens is 1. The lowest BCUT2D eigenvalue weighted by atomic mass is 10.1. The molecule has 3 aromatic rings. The average Bonchev–Trinajstić information content (AvgIpc) is 2.54. The van der Waals surface area contributed by atoms with Crippen molar-refractivity contribution in [3.05, 3.63) is 70.7 Å². The molecule has 0 aliphatic carbocycles. The molecular weight excluding hydrogens is 318 g/mol. The summed E-state index contributed by atoms with van der Waals surface area (Å²) in [6.07, 6.45) is 1.32. The van der Waals surface area contributed by atoms with Crippen LogP contribution in [0.1, 0.15) is 10.4 Å². The number of sulfone groups is 1. The minimum atomic E-state index is -3.92. The molecule has 116 valence electrons. The fourth-order valence-electron chi connectivity index (χ4n) is 2.11. The lowest BCUT2D eigenvalue weighted by molar-refractivity contribution is 0.101. The molecule has 6 nitrogen and oxygen atoms in total. The minimum absolute atomic E-state index is 0.210. The summed E-state index contributed by atoms with van der Waals surface area (Å²) >= 11 is 0. The Labute approximate surface area is 131 Å². The summed E-state index contributed by atoms with van der Waals surface area (Å²) < 4.78 is 29.4. The number of nitrogens with zero attached hydrogens (tertiary/aromatic N) is 1. The van der Waals surface area contributed by atoms with Crippen LogP contribution in [0.2, 0.25) is 0 Å². The molecule has 0 radical (unpaired) electrons. The van der Waals surface area contributed by atoms with Crippen LogP contribution in [0, 0.1) is 0 Å². The van der Waals surface area contributed by atoms with Crippen molar-refractivity contribution in [1.29, 1.82) is 0 Å². The maximum Gasteiger partial charge on any atom is 0.347 e. The lowest BCUT2D eigenvalue weighted by Gasteiger charge is -2.03. The molecule has 23 heavy (non-hydrogen) atoms. The molecule has 0 aliphatic rings. The van der Waals surface area contributed by atoms with Gasteiger partial charge in [0.15, 0.2) is 10.8 Å². The molecule has 0 bridgehead atoms. The van der Waals surface area contributed by atoms with E-state index >= 15 is 0 Å². The van der Waals surface area contributed by atoms with Gasteiger partial charge in [-0.15, -0.1) is 0 Å². The highest BCUT2D eigenvalue weighted by Gasteiger charge is 2.24. The Hall–Kier alpha value is -2.80. The van der Waals surface area contributed by atoms with Crippen LogP contribution in [0.5, 0.6) is 0 Å². The first-order chi connectivity index (χ1) is 11.0. The van der Waals surface area contributed by atoms with Gasteiger partial charge < -0.3 is 4.42 Å². The number of fused-ring (bicyclic) bond motifs is 1. The van der Waals surface area contributed by atoms with Crippen LogP contribution in [0.3, 0.4) is 0 Å². The third-order valence-electron chi connectivity index (χ3n) is 3.22. The van der Waals surface area contributed by atoms with E-state index in [1.165, 1.54) is 24.4 Å². The highest BCUT2D eigenvalue weighted by Crippen LogP contribution is 2.14. The molecule has 2 heterocycles. The predicted octanol–water partition coefficient (Wildman–Crippen LogP) is 1.84. The van der Waals surface area contributed by atoms with Gasteiger partial charge in [-0.1, -0.05) is 24.3 Å². The van der Waals surface area contributed by atoms with E-state index in [0.29, 0.717) is 11.0 Å². The molecule has 0 unspecified atom stereocenters. The molecule has 0 aliphatic heterocycles. The van der Waals surface area contributed by atoms with E-state index in [0.717, 1.165) is 0 Å². The van der Waals surface area contributed by atoms with Gasteiger partial charge in [0.25, 0.3) is 0 Å². The van der Waals surface area contributed by atoms with Crippen molar-refractivity contribution < 1.29 is 17.6 Å². The van der Waals surface area contributed by atoms with E-state index in [9.17, 15) is 18.0 Å². The molecule has 0 atom stereocenters. The highest BCUT2D eigenvalue weighted by molar-refractivity contribution is 7.92. The van der Waals surface area contributed by atoms with Gasteiger partial charge in [-0.05, 0) is 24.3 Å². The van der Waals surface area contributed by atoms with Gasteiger partial charge in [0.2, 0.25) is 9.84 Å². The SMILES string of the molecule is O=C(CS(=O)(=O)c1ccccn1)c1cc2ccccc2oc1=O. The summed E-state index contributed by atoms with van der Waals surface area (Å²) in [5.74, 6) is -1.66. The summed E-state index contributed by atoms with van der Waals surface area (Å²) in [6, 6.07) is 12.4. The zero-order valence-corrected chi connectivity index (χ0v) is 12.6. The summed E-state index contributed by atoms with van der Waals surface area (Å²) in [6.45, 7) is 0. The Morgan fingerprint density at radius 2 is 1.83 bits per heavy atom. The number of rotatable bonds is 4. The number of carbonyl (C=O) groups excluding carboxylic acids is 1. The van der Waals surface area contributed by atoms with Crippen molar-refractivity contribution in [2.75, 3.05) is 5.75 Å². The van der Waals surface area contributed by atoms with Crippen molar-refractivity contribution in [2.45, 2.75) is 5.03 Å². The van der Waals surface area contributed by atoms with E-state index in [1.54, 1.807) is 30.3 Å². The van der Waals surface area contributed by atoms with Crippen molar-refractivity contribution >= 4 is 26.6 Å². The van der Waals surface area contributed by atoms with Crippen LogP contribution in [-0.4, -0.2) is 24.9 Å². The number of pyridine rings is 1. The molecule has 2 aromatic heterocycles. The number of Topliss-reactive ketones (excluding diaryl/α,β-unsaturated/α-hetero) is 1. The molecule has 3 rings (SSSR count). The van der Waals surface area contributed by atoms with Gasteiger partial charge in [-0.25, -0.2) is 18.2 Å². The Bertz CT molecular complexity index is 1040. The van der Waals surface area contributed by atoms with E-state index in [2.05, 4.69) is 4.98 Å². The largest absolute Gasteiger partial charge is 0.422 e. The topological polar surface area (TPSA) is 94.3 Å². The van der Waals surface area contributed by atoms with Crippen LogP contribution in [-0.2, 0) is 9.84 Å². The fraction of sp³-hybridized carbons (Fsp3) is 0.0625. The second kappa shape index (κ2) is 5.77. The van der Waals surface area contributed by atoms with E-state index in [4.69, 9.17) is 4.42 Å². The molecule has 0 saturated carbocycles. The Kier molecular flexibility index (Phi) is 3.79. The average molecular weight is 329 g/mol. The smallest absolute Gasteiger partial charge is 0.347 e. The third kappa shape index (κ3) is 3.04. The molecule has 7 heteroatoms. The molecule has 1 aromatic carbocycles. The molecule has 0 saturated heterocycles. The second-order valence-electron chi connectivity index (χ2n) is 4.84. The minimum Gasteiger partial charge on any atom is -0.422 e. The maximum atomic E-state index is 12.2. The van der Waals surface area contributed by atoms with E-state index in [-0.39, 0.29) is 10.6 Å². The van der Waals surface area contributed by atoms with Crippen LogP contribution >= 0.6 is 0 Å². The quantitative estimate of drug-likeness (QED) is 0.535. The number of hydrogen-bond acceptors (Lipinski definition) is 6. The van der Waals surface area contributed by atoms with Crippen molar-refractivity contribution in [3.8, 4) is 0 Å². The Balaban J connectivity index is 1.98. The zero-order chi connectivity index (χ0) is 16.4. The molecule has 0 amide bonds. The van der Waals surface area contributed by atoms with Gasteiger partial charge in [0.05, 0.1) is 0 Å². The maximum absolute atomic E-state index is 12.2. The van der Waals surface area contributed by atoms with Crippen LogP contribution in [0.4, 0.5) is 0 Å². The first kappa shape index (κ1) is 15.1. The van der Waals surface area contributed by atoms with Crippen LogP contribution in [0.15, 0.2) is 69.0 Å². The van der Waals surface area contributed by atoms with Crippen LogP contribution < -0.4 is 5.63 Å². The number of carbonyl (C=O) groups is 1. The fourth-order valence-corrected chi connectivity index (χ4v) is 3.27. The summed E-state index contributed by atoms with van der Waals surface area (Å²) in [7, 11) is -3.92. The van der Waals surface area contributed by atoms with Gasteiger partial charge >= 0.3 is 5.63 Å².